The van der Waals surface area contributed by atoms with E-state index >= 15 is 0 Å². The summed E-state index contributed by atoms with van der Waals surface area (Å²) in [6.45, 7) is 3.41. The Hall–Kier alpha value is -1.58. The minimum Gasteiger partial charge on any atom is -0.404 e. The van der Waals surface area contributed by atoms with Crippen molar-refractivity contribution in [3.8, 4) is 0 Å². The normalized spacial score (nSPS) is 22.0. The van der Waals surface area contributed by atoms with Crippen LogP contribution in [0.3, 0.4) is 0 Å². The van der Waals surface area contributed by atoms with Crippen molar-refractivity contribution in [2.75, 3.05) is 0 Å². The second kappa shape index (κ2) is 1.98. The summed E-state index contributed by atoms with van der Waals surface area (Å²) in [4.78, 5) is 21.3. The fraction of sp³-hybridized carbons (Fsp3) is 0. The van der Waals surface area contributed by atoms with Crippen molar-refractivity contribution in [1.29, 1.82) is 0 Å². The van der Waals surface area contributed by atoms with Gasteiger partial charge < -0.3 is 11.1 Å². The summed E-state index contributed by atoms with van der Waals surface area (Å²) in [5, 5.41) is 2.24. The molecular weight excluding hydrogens is 132 g/mol. The van der Waals surface area contributed by atoms with Gasteiger partial charge in [-0.2, -0.15) is 0 Å². The Morgan fingerprint density at radius 3 is 2.30 bits per heavy atom. The van der Waals surface area contributed by atoms with Crippen molar-refractivity contribution in [3.05, 3.63) is 24.0 Å². The molecule has 1 aliphatic rings. The Morgan fingerprint density at radius 1 is 1.50 bits per heavy atom. The Balaban J connectivity index is 3.07. The molecule has 1 rings (SSSR count). The number of carbonyl (C=O) groups is 2. The van der Waals surface area contributed by atoms with Gasteiger partial charge in [-0.1, -0.05) is 6.58 Å². The SMILES string of the molecule is C=C1NC(=O)C(=O)/C1=C/N. The lowest BCUT2D eigenvalue weighted by Crippen LogP contribution is -2.17. The molecule has 1 amide bonds. The smallest absolute Gasteiger partial charge is 0.296 e. The van der Waals surface area contributed by atoms with Crippen LogP contribution in [0.25, 0.3) is 0 Å². The van der Waals surface area contributed by atoms with E-state index in [-0.39, 0.29) is 11.3 Å². The highest BCUT2D eigenvalue weighted by Crippen LogP contribution is 2.11. The first-order chi connectivity index (χ1) is 4.66. The van der Waals surface area contributed by atoms with Gasteiger partial charge in [0, 0.05) is 11.9 Å². The molecular formula is C6H6N2O2. The molecule has 52 valence electrons. The largest absolute Gasteiger partial charge is 0.404 e. The average molecular weight is 138 g/mol. The molecule has 0 unspecified atom stereocenters. The van der Waals surface area contributed by atoms with Gasteiger partial charge in [0.25, 0.3) is 11.7 Å². The van der Waals surface area contributed by atoms with Crippen molar-refractivity contribution in [1.82, 2.24) is 5.32 Å². The van der Waals surface area contributed by atoms with Crippen LogP contribution in [0.5, 0.6) is 0 Å². The Labute approximate surface area is 57.4 Å². The first kappa shape index (κ1) is 6.54. The van der Waals surface area contributed by atoms with Gasteiger partial charge in [0.05, 0.1) is 5.57 Å². The van der Waals surface area contributed by atoms with Crippen molar-refractivity contribution >= 4 is 11.7 Å². The second-order valence-corrected chi connectivity index (χ2v) is 1.84. The van der Waals surface area contributed by atoms with Gasteiger partial charge in [-0.05, 0) is 0 Å². The highest BCUT2D eigenvalue weighted by Gasteiger charge is 2.28. The quantitative estimate of drug-likeness (QED) is 0.334. The number of Topliss-reactive ketones (excluding diaryl/α,β-unsaturated/α-hetero) is 1. The predicted molar refractivity (Wildman–Crippen MR) is 34.6 cm³/mol. The van der Waals surface area contributed by atoms with Gasteiger partial charge in [-0.3, -0.25) is 9.59 Å². The topological polar surface area (TPSA) is 72.2 Å². The van der Waals surface area contributed by atoms with Gasteiger partial charge in [0.1, 0.15) is 0 Å². The molecule has 0 aliphatic carbocycles. The lowest BCUT2D eigenvalue weighted by Gasteiger charge is -1.89. The molecule has 1 heterocycles. The van der Waals surface area contributed by atoms with E-state index in [1.807, 2.05) is 0 Å². The molecule has 0 spiro atoms. The molecule has 0 bridgehead atoms. The number of amides is 1. The molecule has 0 atom stereocenters. The molecule has 0 aromatic rings. The summed E-state index contributed by atoms with van der Waals surface area (Å²) in [6, 6.07) is 0. The predicted octanol–water partition coefficient (Wildman–Crippen LogP) is -0.958. The van der Waals surface area contributed by atoms with Gasteiger partial charge in [0.2, 0.25) is 0 Å². The van der Waals surface area contributed by atoms with E-state index in [0.29, 0.717) is 0 Å². The third-order valence-electron chi connectivity index (χ3n) is 1.21. The number of nitrogens with two attached hydrogens (primary N) is 1. The Kier molecular flexibility index (Phi) is 1.30. The lowest BCUT2D eigenvalue weighted by molar-refractivity contribution is -0.133. The highest BCUT2D eigenvalue weighted by molar-refractivity contribution is 6.47. The fourth-order valence-corrected chi connectivity index (χ4v) is 0.697. The van der Waals surface area contributed by atoms with Crippen LogP contribution in [0.1, 0.15) is 0 Å². The molecule has 0 saturated carbocycles. The molecule has 0 aromatic carbocycles. The molecule has 4 nitrogen and oxygen atoms in total. The van der Waals surface area contributed by atoms with Crippen LogP contribution in [-0.2, 0) is 9.59 Å². The van der Waals surface area contributed by atoms with E-state index in [9.17, 15) is 9.59 Å². The third kappa shape index (κ3) is 0.699. The summed E-state index contributed by atoms with van der Waals surface area (Å²) < 4.78 is 0. The first-order valence-corrected chi connectivity index (χ1v) is 2.63. The zero-order valence-electron chi connectivity index (χ0n) is 5.18. The maximum atomic E-state index is 10.7. The fourth-order valence-electron chi connectivity index (χ4n) is 0.697. The minimum absolute atomic E-state index is 0.157. The van der Waals surface area contributed by atoms with Gasteiger partial charge in [-0.25, -0.2) is 0 Å². The van der Waals surface area contributed by atoms with E-state index in [4.69, 9.17) is 5.73 Å². The number of hydrogen-bond acceptors (Lipinski definition) is 3. The van der Waals surface area contributed by atoms with E-state index in [1.165, 1.54) is 0 Å². The van der Waals surface area contributed by atoms with Crippen LogP contribution in [0, 0.1) is 0 Å². The van der Waals surface area contributed by atoms with Crippen LogP contribution < -0.4 is 11.1 Å². The van der Waals surface area contributed by atoms with Crippen molar-refractivity contribution < 1.29 is 9.59 Å². The van der Waals surface area contributed by atoms with E-state index < -0.39 is 11.7 Å². The monoisotopic (exact) mass is 138 g/mol. The Morgan fingerprint density at radius 2 is 2.10 bits per heavy atom. The summed E-state index contributed by atoms with van der Waals surface area (Å²) in [6.07, 6.45) is 1.07. The molecule has 1 aliphatic heterocycles. The lowest BCUT2D eigenvalue weighted by atomic mass is 10.2. The van der Waals surface area contributed by atoms with Crippen LogP contribution in [0.4, 0.5) is 0 Å². The van der Waals surface area contributed by atoms with E-state index in [1.54, 1.807) is 0 Å². The first-order valence-electron chi connectivity index (χ1n) is 2.63. The molecule has 4 heteroatoms. The van der Waals surface area contributed by atoms with Crippen molar-refractivity contribution in [3.63, 3.8) is 0 Å². The van der Waals surface area contributed by atoms with Crippen molar-refractivity contribution in [2.24, 2.45) is 5.73 Å². The minimum atomic E-state index is -0.665. The maximum absolute atomic E-state index is 10.7. The zero-order chi connectivity index (χ0) is 7.72. The van der Waals surface area contributed by atoms with Crippen LogP contribution in [0.2, 0.25) is 0 Å². The molecule has 0 aromatic heterocycles. The molecule has 0 radical (unpaired) electrons. The van der Waals surface area contributed by atoms with Gasteiger partial charge in [0.15, 0.2) is 0 Å². The highest BCUT2D eigenvalue weighted by atomic mass is 16.2. The van der Waals surface area contributed by atoms with Crippen LogP contribution >= 0.6 is 0 Å². The molecule has 10 heavy (non-hydrogen) atoms. The van der Waals surface area contributed by atoms with Gasteiger partial charge >= 0.3 is 0 Å². The van der Waals surface area contributed by atoms with Crippen LogP contribution in [-0.4, -0.2) is 11.7 Å². The Bertz CT molecular complexity index is 252. The molecule has 3 N–H and O–H groups in total. The number of allylic oxidation sites excluding steroid dienone is 1. The number of hydrogen-bond donors (Lipinski definition) is 2. The number of nitrogens with one attached hydrogen (secondary N) is 1. The third-order valence-corrected chi connectivity index (χ3v) is 1.21. The summed E-state index contributed by atoms with van der Waals surface area (Å²) >= 11 is 0. The van der Waals surface area contributed by atoms with Crippen molar-refractivity contribution in [2.45, 2.75) is 0 Å². The number of rotatable bonds is 0. The van der Waals surface area contributed by atoms with E-state index in [2.05, 4.69) is 11.9 Å². The van der Waals surface area contributed by atoms with Crippen LogP contribution in [0.15, 0.2) is 24.0 Å². The van der Waals surface area contributed by atoms with E-state index in [0.717, 1.165) is 6.20 Å². The number of ketones is 1. The standard InChI is InChI=1S/C6H6N2O2/c1-3-4(2-7)5(9)6(10)8-3/h2H,1,7H2,(H,8,10)/b4-2+. The summed E-state index contributed by atoms with van der Waals surface area (Å²) in [7, 11) is 0. The summed E-state index contributed by atoms with van der Waals surface area (Å²) in [5.41, 5.74) is 5.47. The zero-order valence-corrected chi connectivity index (χ0v) is 5.18. The second-order valence-electron chi connectivity index (χ2n) is 1.84. The number of carbonyl (C=O) groups excluding carboxylic acids is 2. The average Bonchev–Trinajstić information content (AvgIpc) is 2.09. The summed E-state index contributed by atoms with van der Waals surface area (Å²) in [5.74, 6) is -1.28. The molecule has 1 saturated heterocycles. The maximum Gasteiger partial charge on any atom is 0.296 e. The molecule has 1 fully saturated rings. The van der Waals surface area contributed by atoms with Gasteiger partial charge in [-0.15, -0.1) is 0 Å².